The van der Waals surface area contributed by atoms with E-state index in [-0.39, 0.29) is 11.6 Å². The third-order valence-corrected chi connectivity index (χ3v) is 3.63. The minimum atomic E-state index is -0.657. The van der Waals surface area contributed by atoms with Gasteiger partial charge in [0.25, 0.3) is 0 Å². The van der Waals surface area contributed by atoms with Crippen molar-refractivity contribution in [1.82, 2.24) is 9.80 Å². The van der Waals surface area contributed by atoms with Gasteiger partial charge in [-0.25, -0.2) is 0 Å². The molecule has 4 heteroatoms. The summed E-state index contributed by atoms with van der Waals surface area (Å²) < 4.78 is 0. The van der Waals surface area contributed by atoms with Gasteiger partial charge in [0.2, 0.25) is 0 Å². The molecule has 0 aromatic heterocycles. The molecule has 2 aliphatic rings. The predicted octanol–water partition coefficient (Wildman–Crippen LogP) is 0.628. The highest BCUT2D eigenvalue weighted by Gasteiger charge is 2.45. The third-order valence-electron chi connectivity index (χ3n) is 3.63. The van der Waals surface area contributed by atoms with Crippen LogP contribution in [0.4, 0.5) is 0 Å². The average Bonchev–Trinajstić information content (AvgIpc) is 1.88. The average molecular weight is 212 g/mol. The van der Waals surface area contributed by atoms with E-state index < -0.39 is 5.97 Å². The van der Waals surface area contributed by atoms with Gasteiger partial charge in [0.05, 0.1) is 0 Å². The maximum Gasteiger partial charge on any atom is 0.320 e. The van der Waals surface area contributed by atoms with Gasteiger partial charge < -0.3 is 5.11 Å². The molecule has 1 N–H and O–H groups in total. The Bertz CT molecular complexity index is 266. The summed E-state index contributed by atoms with van der Waals surface area (Å²) in [4.78, 5) is 15.4. The van der Waals surface area contributed by atoms with E-state index in [0.29, 0.717) is 6.04 Å². The van der Waals surface area contributed by atoms with E-state index in [1.807, 2.05) is 0 Å². The van der Waals surface area contributed by atoms with Crippen LogP contribution in [0.15, 0.2) is 0 Å². The molecule has 4 nitrogen and oxygen atoms in total. The number of carboxylic acid groups (broad SMARTS) is 1. The molecule has 0 spiro atoms. The SMILES string of the molecule is CC(C)(C)N1CC(N2CCC2C(=O)O)C1. The Morgan fingerprint density at radius 1 is 1.33 bits per heavy atom. The second-order valence-corrected chi connectivity index (χ2v) is 5.61. The van der Waals surface area contributed by atoms with Gasteiger partial charge in [0.1, 0.15) is 6.04 Å². The zero-order valence-corrected chi connectivity index (χ0v) is 9.73. The fourth-order valence-corrected chi connectivity index (χ4v) is 2.32. The molecule has 2 fully saturated rings. The van der Waals surface area contributed by atoms with Crippen LogP contribution in [-0.4, -0.2) is 58.1 Å². The van der Waals surface area contributed by atoms with Crippen molar-refractivity contribution in [2.45, 2.75) is 44.8 Å². The number of rotatable bonds is 2. The molecule has 2 aliphatic heterocycles. The topological polar surface area (TPSA) is 43.8 Å². The van der Waals surface area contributed by atoms with Crippen molar-refractivity contribution in [3.8, 4) is 0 Å². The Kier molecular flexibility index (Phi) is 2.51. The van der Waals surface area contributed by atoms with Crippen molar-refractivity contribution in [3.05, 3.63) is 0 Å². The Labute approximate surface area is 90.9 Å². The quantitative estimate of drug-likeness (QED) is 0.729. The van der Waals surface area contributed by atoms with Crippen LogP contribution in [0.2, 0.25) is 0 Å². The number of hydrogen-bond donors (Lipinski definition) is 1. The van der Waals surface area contributed by atoms with Crippen LogP contribution in [0, 0.1) is 0 Å². The lowest BCUT2D eigenvalue weighted by Crippen LogP contribution is -2.70. The largest absolute Gasteiger partial charge is 0.480 e. The van der Waals surface area contributed by atoms with E-state index in [1.54, 1.807) is 0 Å². The molecular weight excluding hydrogens is 192 g/mol. The zero-order valence-electron chi connectivity index (χ0n) is 9.73. The van der Waals surface area contributed by atoms with Crippen LogP contribution >= 0.6 is 0 Å². The summed E-state index contributed by atoms with van der Waals surface area (Å²) in [5.74, 6) is -0.657. The van der Waals surface area contributed by atoms with Crippen LogP contribution in [-0.2, 0) is 4.79 Å². The number of carbonyl (C=O) groups is 1. The first-order chi connectivity index (χ1) is 6.89. The summed E-state index contributed by atoms with van der Waals surface area (Å²) in [6, 6.07) is 0.260. The zero-order chi connectivity index (χ0) is 11.2. The molecule has 86 valence electrons. The number of aliphatic carboxylic acids is 1. The highest BCUT2D eigenvalue weighted by Crippen LogP contribution is 2.30. The minimum Gasteiger partial charge on any atom is -0.480 e. The van der Waals surface area contributed by atoms with Crippen molar-refractivity contribution in [3.63, 3.8) is 0 Å². The first-order valence-electron chi connectivity index (χ1n) is 5.63. The van der Waals surface area contributed by atoms with Gasteiger partial charge in [-0.05, 0) is 27.2 Å². The molecule has 0 bridgehead atoms. The van der Waals surface area contributed by atoms with Gasteiger partial charge >= 0.3 is 5.97 Å². The molecule has 2 rings (SSSR count). The molecule has 0 amide bonds. The van der Waals surface area contributed by atoms with Crippen molar-refractivity contribution in [1.29, 1.82) is 0 Å². The van der Waals surface area contributed by atoms with Gasteiger partial charge in [0.15, 0.2) is 0 Å². The molecule has 0 saturated carbocycles. The molecule has 0 aromatic rings. The minimum absolute atomic E-state index is 0.211. The fourth-order valence-electron chi connectivity index (χ4n) is 2.32. The first-order valence-corrected chi connectivity index (χ1v) is 5.63. The van der Waals surface area contributed by atoms with Gasteiger partial charge in [-0.1, -0.05) is 0 Å². The predicted molar refractivity (Wildman–Crippen MR) is 57.9 cm³/mol. The number of likely N-dealkylation sites (tertiary alicyclic amines) is 2. The van der Waals surface area contributed by atoms with Crippen LogP contribution in [0.25, 0.3) is 0 Å². The van der Waals surface area contributed by atoms with Gasteiger partial charge in [-0.15, -0.1) is 0 Å². The Morgan fingerprint density at radius 2 is 1.93 bits per heavy atom. The maximum absolute atomic E-state index is 10.9. The lowest BCUT2D eigenvalue weighted by Gasteiger charge is -2.55. The van der Waals surface area contributed by atoms with E-state index in [9.17, 15) is 4.79 Å². The Morgan fingerprint density at radius 3 is 2.27 bits per heavy atom. The summed E-state index contributed by atoms with van der Waals surface area (Å²) in [5, 5.41) is 8.94. The van der Waals surface area contributed by atoms with E-state index in [2.05, 4.69) is 30.6 Å². The maximum atomic E-state index is 10.9. The summed E-state index contributed by atoms with van der Waals surface area (Å²) in [6.07, 6.45) is 0.821. The molecule has 0 aromatic carbocycles. The summed E-state index contributed by atoms with van der Waals surface area (Å²) in [5.41, 5.74) is 0.222. The lowest BCUT2D eigenvalue weighted by atomic mass is 9.91. The third kappa shape index (κ3) is 1.88. The second kappa shape index (κ2) is 3.46. The van der Waals surface area contributed by atoms with Crippen molar-refractivity contribution in [2.75, 3.05) is 19.6 Å². The second-order valence-electron chi connectivity index (χ2n) is 5.61. The fraction of sp³-hybridized carbons (Fsp3) is 0.909. The van der Waals surface area contributed by atoms with Crippen LogP contribution < -0.4 is 0 Å². The summed E-state index contributed by atoms with van der Waals surface area (Å²) in [7, 11) is 0. The standard InChI is InChI=1S/C11H20N2O2/c1-11(2,3)12-6-8(7-12)13-5-4-9(13)10(14)15/h8-9H,4-7H2,1-3H3,(H,14,15). The number of carboxylic acids is 1. The lowest BCUT2D eigenvalue weighted by molar-refractivity contribution is -0.155. The van der Waals surface area contributed by atoms with Crippen molar-refractivity contribution >= 4 is 5.97 Å². The number of nitrogens with zero attached hydrogens (tertiary/aromatic N) is 2. The van der Waals surface area contributed by atoms with Gasteiger partial charge in [-0.3, -0.25) is 14.6 Å². The number of hydrogen-bond acceptors (Lipinski definition) is 3. The van der Waals surface area contributed by atoms with Crippen molar-refractivity contribution in [2.24, 2.45) is 0 Å². The van der Waals surface area contributed by atoms with Crippen molar-refractivity contribution < 1.29 is 9.90 Å². The van der Waals surface area contributed by atoms with Crippen LogP contribution in [0.5, 0.6) is 0 Å². The highest BCUT2D eigenvalue weighted by atomic mass is 16.4. The monoisotopic (exact) mass is 212 g/mol. The molecule has 0 aliphatic carbocycles. The highest BCUT2D eigenvalue weighted by molar-refractivity contribution is 5.74. The van der Waals surface area contributed by atoms with Crippen LogP contribution in [0.3, 0.4) is 0 Å². The molecule has 2 saturated heterocycles. The van der Waals surface area contributed by atoms with E-state index in [1.165, 1.54) is 0 Å². The van der Waals surface area contributed by atoms with Crippen LogP contribution in [0.1, 0.15) is 27.2 Å². The first kappa shape index (κ1) is 10.9. The van der Waals surface area contributed by atoms with E-state index in [0.717, 1.165) is 26.1 Å². The normalized spacial score (nSPS) is 29.7. The summed E-state index contributed by atoms with van der Waals surface area (Å²) >= 11 is 0. The van der Waals surface area contributed by atoms with Gasteiger partial charge in [-0.2, -0.15) is 0 Å². The van der Waals surface area contributed by atoms with E-state index >= 15 is 0 Å². The smallest absolute Gasteiger partial charge is 0.320 e. The Balaban J connectivity index is 1.83. The Hall–Kier alpha value is -0.610. The molecule has 15 heavy (non-hydrogen) atoms. The molecule has 1 unspecified atom stereocenters. The van der Waals surface area contributed by atoms with Gasteiger partial charge in [0, 0.05) is 31.2 Å². The van der Waals surface area contributed by atoms with E-state index in [4.69, 9.17) is 5.11 Å². The molecule has 1 atom stereocenters. The molecular formula is C11H20N2O2. The molecule has 2 heterocycles. The molecule has 0 radical (unpaired) electrons. The summed E-state index contributed by atoms with van der Waals surface area (Å²) in [6.45, 7) is 9.61.